The molecule has 6 heteroatoms. The molecule has 1 aromatic heterocycles. The number of carbonyl (C=O) groups is 1. The lowest BCUT2D eigenvalue weighted by molar-refractivity contribution is 0.0472. The van der Waals surface area contributed by atoms with Crippen LogP contribution in [0.2, 0.25) is 0 Å². The van der Waals surface area contributed by atoms with Gasteiger partial charge in [-0.25, -0.2) is 9.78 Å². The van der Waals surface area contributed by atoms with E-state index in [1.165, 1.54) is 0 Å². The molecule has 25 heavy (non-hydrogen) atoms. The van der Waals surface area contributed by atoms with Crippen LogP contribution in [0.15, 0.2) is 64.3 Å². The zero-order valence-electron chi connectivity index (χ0n) is 13.2. The summed E-state index contributed by atoms with van der Waals surface area (Å²) in [6.45, 7) is 0.0862. The molecule has 0 radical (unpaired) electrons. The molecule has 0 aliphatic carbocycles. The SMILES string of the molecule is N#Cc1ccccc1COC(=O)c1ccc(SCc2cscn2)cc1. The van der Waals surface area contributed by atoms with Gasteiger partial charge in [-0.15, -0.1) is 23.1 Å². The summed E-state index contributed by atoms with van der Waals surface area (Å²) >= 11 is 3.25. The van der Waals surface area contributed by atoms with Gasteiger partial charge in [0.2, 0.25) is 0 Å². The average Bonchev–Trinajstić information content (AvgIpc) is 3.18. The topological polar surface area (TPSA) is 63.0 Å². The lowest BCUT2D eigenvalue weighted by Crippen LogP contribution is -2.06. The normalized spacial score (nSPS) is 10.2. The molecule has 4 nitrogen and oxygen atoms in total. The molecule has 2 aromatic carbocycles. The van der Waals surface area contributed by atoms with Crippen LogP contribution in [0.4, 0.5) is 0 Å². The molecule has 0 bridgehead atoms. The van der Waals surface area contributed by atoms with Gasteiger partial charge in [0.25, 0.3) is 0 Å². The van der Waals surface area contributed by atoms with Crippen molar-refractivity contribution in [3.63, 3.8) is 0 Å². The van der Waals surface area contributed by atoms with E-state index in [4.69, 9.17) is 10.00 Å². The summed E-state index contributed by atoms with van der Waals surface area (Å²) in [5.41, 5.74) is 4.58. The van der Waals surface area contributed by atoms with Gasteiger partial charge >= 0.3 is 5.97 Å². The number of thioether (sulfide) groups is 1. The van der Waals surface area contributed by atoms with Gasteiger partial charge in [-0.2, -0.15) is 5.26 Å². The van der Waals surface area contributed by atoms with E-state index in [0.29, 0.717) is 16.7 Å². The van der Waals surface area contributed by atoms with Gasteiger partial charge in [0.1, 0.15) is 6.61 Å². The van der Waals surface area contributed by atoms with Gasteiger partial charge in [-0.3, -0.25) is 0 Å². The van der Waals surface area contributed by atoms with E-state index in [2.05, 4.69) is 11.1 Å². The van der Waals surface area contributed by atoms with Crippen LogP contribution in [-0.4, -0.2) is 11.0 Å². The van der Waals surface area contributed by atoms with Gasteiger partial charge in [0.15, 0.2) is 0 Å². The van der Waals surface area contributed by atoms with E-state index in [1.54, 1.807) is 53.4 Å². The van der Waals surface area contributed by atoms with Crippen molar-refractivity contribution >= 4 is 29.1 Å². The summed E-state index contributed by atoms with van der Waals surface area (Å²) in [6, 6.07) is 16.5. The third-order valence-corrected chi connectivity index (χ3v) is 5.14. The Morgan fingerprint density at radius 1 is 1.20 bits per heavy atom. The first-order chi connectivity index (χ1) is 12.3. The van der Waals surface area contributed by atoms with Gasteiger partial charge < -0.3 is 4.74 Å². The quantitative estimate of drug-likeness (QED) is 0.469. The van der Waals surface area contributed by atoms with Crippen molar-refractivity contribution in [2.45, 2.75) is 17.3 Å². The first kappa shape index (κ1) is 17.2. The monoisotopic (exact) mass is 366 g/mol. The number of nitriles is 1. The maximum absolute atomic E-state index is 12.2. The Bertz CT molecular complexity index is 885. The zero-order chi connectivity index (χ0) is 17.5. The summed E-state index contributed by atoms with van der Waals surface area (Å²) < 4.78 is 5.31. The molecular weight excluding hydrogens is 352 g/mol. The molecule has 0 atom stereocenters. The first-order valence-electron chi connectivity index (χ1n) is 7.51. The predicted molar refractivity (Wildman–Crippen MR) is 98.4 cm³/mol. The van der Waals surface area contributed by atoms with Crippen molar-refractivity contribution in [3.8, 4) is 6.07 Å². The second-order valence-corrected chi connectivity index (χ2v) is 6.91. The number of hydrogen-bond acceptors (Lipinski definition) is 6. The maximum Gasteiger partial charge on any atom is 0.338 e. The Morgan fingerprint density at radius 3 is 2.72 bits per heavy atom. The predicted octanol–water partition coefficient (Wildman–Crippen LogP) is 4.66. The summed E-state index contributed by atoms with van der Waals surface area (Å²) in [5, 5.41) is 11.1. The van der Waals surface area contributed by atoms with E-state index in [0.717, 1.165) is 16.3 Å². The van der Waals surface area contributed by atoms with E-state index >= 15 is 0 Å². The molecule has 0 fully saturated rings. The van der Waals surface area contributed by atoms with Crippen LogP contribution < -0.4 is 0 Å². The number of hydrogen-bond donors (Lipinski definition) is 0. The highest BCUT2D eigenvalue weighted by atomic mass is 32.2. The minimum atomic E-state index is -0.399. The highest BCUT2D eigenvalue weighted by Crippen LogP contribution is 2.23. The molecule has 0 aliphatic heterocycles. The highest BCUT2D eigenvalue weighted by Gasteiger charge is 2.09. The molecule has 3 aromatic rings. The summed E-state index contributed by atoms with van der Waals surface area (Å²) in [6.07, 6.45) is 0. The number of carbonyl (C=O) groups excluding carboxylic acids is 1. The summed E-state index contributed by atoms with van der Waals surface area (Å²) in [7, 11) is 0. The molecular formula is C19H14N2O2S2. The first-order valence-corrected chi connectivity index (χ1v) is 9.44. The fourth-order valence-corrected chi connectivity index (χ4v) is 3.60. The van der Waals surface area contributed by atoms with Crippen molar-refractivity contribution < 1.29 is 9.53 Å². The number of nitrogens with zero attached hydrogens (tertiary/aromatic N) is 2. The smallest absolute Gasteiger partial charge is 0.338 e. The van der Waals surface area contributed by atoms with E-state index < -0.39 is 5.97 Å². The van der Waals surface area contributed by atoms with Gasteiger partial charge in [0.05, 0.1) is 28.4 Å². The summed E-state index contributed by atoms with van der Waals surface area (Å²) in [4.78, 5) is 17.5. The largest absolute Gasteiger partial charge is 0.457 e. The number of benzene rings is 2. The van der Waals surface area contributed by atoms with Crippen LogP contribution in [0.5, 0.6) is 0 Å². The second kappa shape index (κ2) is 8.47. The van der Waals surface area contributed by atoms with E-state index in [1.807, 2.05) is 29.1 Å². The Balaban J connectivity index is 1.56. The Labute approximate surface area is 154 Å². The van der Waals surface area contributed by atoms with Crippen molar-refractivity contribution in [2.75, 3.05) is 0 Å². The molecule has 124 valence electrons. The number of aromatic nitrogens is 1. The zero-order valence-corrected chi connectivity index (χ0v) is 14.8. The fourth-order valence-electron chi connectivity index (χ4n) is 2.14. The van der Waals surface area contributed by atoms with Crippen LogP contribution in [0.1, 0.15) is 27.2 Å². The Morgan fingerprint density at radius 2 is 2.00 bits per heavy atom. The molecule has 1 heterocycles. The van der Waals surface area contributed by atoms with Crippen LogP contribution in [0, 0.1) is 11.3 Å². The van der Waals surface area contributed by atoms with E-state index in [9.17, 15) is 4.79 Å². The van der Waals surface area contributed by atoms with Crippen molar-refractivity contribution in [2.24, 2.45) is 0 Å². The van der Waals surface area contributed by atoms with Crippen molar-refractivity contribution in [3.05, 3.63) is 81.8 Å². The van der Waals surface area contributed by atoms with Crippen LogP contribution in [0.3, 0.4) is 0 Å². The minimum Gasteiger partial charge on any atom is -0.457 e. The van der Waals surface area contributed by atoms with Gasteiger partial charge in [-0.05, 0) is 30.3 Å². The van der Waals surface area contributed by atoms with E-state index in [-0.39, 0.29) is 6.61 Å². The Kier molecular flexibility index (Phi) is 5.83. The maximum atomic E-state index is 12.2. The van der Waals surface area contributed by atoms with Crippen LogP contribution in [0.25, 0.3) is 0 Å². The standard InChI is InChI=1S/C19H14N2O2S2/c20-9-15-3-1-2-4-16(15)10-23-19(22)14-5-7-18(8-6-14)25-12-17-11-24-13-21-17/h1-8,11,13H,10,12H2. The van der Waals surface area contributed by atoms with Crippen molar-refractivity contribution in [1.29, 1.82) is 5.26 Å². The number of esters is 1. The Hall–Kier alpha value is -2.62. The molecule has 0 saturated carbocycles. The molecule has 0 saturated heterocycles. The average molecular weight is 366 g/mol. The fraction of sp³-hybridized carbons (Fsp3) is 0.105. The van der Waals surface area contributed by atoms with Crippen molar-refractivity contribution in [1.82, 2.24) is 4.98 Å². The molecule has 3 rings (SSSR count). The molecule has 0 aliphatic rings. The van der Waals surface area contributed by atoms with Crippen LogP contribution in [-0.2, 0) is 17.1 Å². The third-order valence-electron chi connectivity index (χ3n) is 3.46. The number of thiazole rings is 1. The number of ether oxygens (including phenoxy) is 1. The lowest BCUT2D eigenvalue weighted by atomic mass is 10.1. The molecule has 0 N–H and O–H groups in total. The highest BCUT2D eigenvalue weighted by molar-refractivity contribution is 7.98. The van der Waals surface area contributed by atoms with Gasteiger partial charge in [0, 0.05) is 21.6 Å². The van der Waals surface area contributed by atoms with Crippen LogP contribution >= 0.6 is 23.1 Å². The minimum absolute atomic E-state index is 0.0862. The molecule has 0 unspecified atom stereocenters. The third kappa shape index (κ3) is 4.69. The summed E-state index contributed by atoms with van der Waals surface area (Å²) in [5.74, 6) is 0.405. The number of rotatable bonds is 6. The molecule has 0 amide bonds. The second-order valence-electron chi connectivity index (χ2n) is 5.14. The molecule has 0 spiro atoms. The van der Waals surface area contributed by atoms with Gasteiger partial charge in [-0.1, -0.05) is 18.2 Å². The lowest BCUT2D eigenvalue weighted by Gasteiger charge is -2.07.